The normalized spacial score (nSPS) is 19.9. The van der Waals surface area contributed by atoms with E-state index < -0.39 is 5.60 Å². The molecule has 0 aromatic heterocycles. The lowest BCUT2D eigenvalue weighted by Crippen LogP contribution is -2.55. The van der Waals surface area contributed by atoms with Crippen LogP contribution in [0.2, 0.25) is 0 Å². The third-order valence-electron chi connectivity index (χ3n) is 2.34. The lowest BCUT2D eigenvalue weighted by molar-refractivity contribution is -0.864. The average molecular weight is 253 g/mol. The van der Waals surface area contributed by atoms with Crippen molar-refractivity contribution in [3.63, 3.8) is 0 Å². The lowest BCUT2D eigenvalue weighted by atomic mass is 10.2. The van der Waals surface area contributed by atoms with Crippen LogP contribution in [-0.2, 0) is 4.74 Å². The maximum Gasteiger partial charge on any atom is 0.410 e. The molecule has 5 nitrogen and oxygen atoms in total. The zero-order chi connectivity index (χ0) is 11.7. The summed E-state index contributed by atoms with van der Waals surface area (Å²) in [4.78, 5) is 13.2. The monoisotopic (exact) mass is 252 g/mol. The molecular weight excluding hydrogens is 232 g/mol. The van der Waals surface area contributed by atoms with Crippen molar-refractivity contribution in [2.24, 2.45) is 0 Å². The summed E-state index contributed by atoms with van der Waals surface area (Å²) in [6.07, 6.45) is -0.317. The summed E-state index contributed by atoms with van der Waals surface area (Å²) in [5, 5.41) is 11.5. The van der Waals surface area contributed by atoms with E-state index in [0.717, 1.165) is 0 Å². The van der Waals surface area contributed by atoms with Crippen LogP contribution in [0.3, 0.4) is 0 Å². The van der Waals surface area contributed by atoms with E-state index in [1.165, 1.54) is 0 Å². The van der Waals surface area contributed by atoms with E-state index in [4.69, 9.17) is 4.74 Å². The van der Waals surface area contributed by atoms with Gasteiger partial charge in [0.2, 0.25) is 0 Å². The molecule has 0 bridgehead atoms. The summed E-state index contributed by atoms with van der Waals surface area (Å²) in [6.45, 7) is 7.36. The summed E-state index contributed by atoms with van der Waals surface area (Å²) in [5.74, 6) is 0. The van der Waals surface area contributed by atoms with Gasteiger partial charge in [-0.3, -0.25) is 4.90 Å². The Morgan fingerprint density at radius 1 is 1.31 bits per heavy atom. The second-order valence-electron chi connectivity index (χ2n) is 5.21. The van der Waals surface area contributed by atoms with Crippen molar-refractivity contribution in [1.29, 1.82) is 0 Å². The Morgan fingerprint density at radius 2 is 1.75 bits per heavy atom. The van der Waals surface area contributed by atoms with Crippen LogP contribution in [0.25, 0.3) is 0 Å². The predicted molar refractivity (Wildman–Crippen MR) is 64.3 cm³/mol. The van der Waals surface area contributed by atoms with Crippen molar-refractivity contribution < 1.29 is 14.2 Å². The second-order valence-corrected chi connectivity index (χ2v) is 5.21. The highest BCUT2D eigenvalue weighted by Crippen LogP contribution is 2.13. The summed E-state index contributed by atoms with van der Waals surface area (Å²) in [7, 11) is 1.63. The average Bonchev–Trinajstić information content (AvgIpc) is 2.00. The summed E-state index contributed by atoms with van der Waals surface area (Å²) < 4.78 is 4.96. The molecule has 0 radical (unpaired) electrons. The van der Waals surface area contributed by atoms with Crippen molar-refractivity contribution in [2.45, 2.75) is 26.4 Å². The number of carbonyl (C=O) groups is 1. The quantitative estimate of drug-likeness (QED) is 0.486. The highest BCUT2D eigenvalue weighted by atomic mass is 35.5. The molecule has 0 unspecified atom stereocenters. The van der Waals surface area contributed by atoms with Gasteiger partial charge in [-0.2, -0.15) is 0 Å². The van der Waals surface area contributed by atoms with E-state index in [-0.39, 0.29) is 23.1 Å². The van der Waals surface area contributed by atoms with Gasteiger partial charge in [0.05, 0.1) is 33.2 Å². The Kier molecular flexibility index (Phi) is 5.04. The van der Waals surface area contributed by atoms with Gasteiger partial charge in [-0.15, -0.1) is 12.4 Å². The van der Waals surface area contributed by atoms with Gasteiger partial charge < -0.3 is 14.6 Å². The molecule has 1 amide bonds. The smallest absolute Gasteiger partial charge is 0.410 e. The first-order chi connectivity index (χ1) is 6.70. The van der Waals surface area contributed by atoms with Gasteiger partial charge in [-0.05, 0) is 20.8 Å². The molecule has 1 rings (SSSR count). The van der Waals surface area contributed by atoms with Crippen LogP contribution in [0.5, 0.6) is 0 Å². The summed E-state index contributed by atoms with van der Waals surface area (Å²) in [6, 6.07) is 0. The van der Waals surface area contributed by atoms with Crippen LogP contribution in [0, 0.1) is 5.21 Å². The lowest BCUT2D eigenvalue weighted by Gasteiger charge is -2.45. The summed E-state index contributed by atoms with van der Waals surface area (Å²) >= 11 is 0. The summed E-state index contributed by atoms with van der Waals surface area (Å²) in [5.41, 5.74) is -0.468. The number of hydrogen-bond acceptors (Lipinski definition) is 3. The standard InChI is InChI=1S/C10H20N2O3.ClH/c1-10(2,3)15-9(13)11-5-7-12(4,14)8-6-11;/h5-8H2,1-4H3;1H. The molecule has 96 valence electrons. The van der Waals surface area contributed by atoms with Gasteiger partial charge in [0.1, 0.15) is 5.60 Å². The Bertz CT molecular complexity index is 241. The first kappa shape index (κ1) is 15.5. The van der Waals surface area contributed by atoms with Crippen molar-refractivity contribution in [3.05, 3.63) is 5.21 Å². The van der Waals surface area contributed by atoms with E-state index in [2.05, 4.69) is 0 Å². The fourth-order valence-electron chi connectivity index (χ4n) is 1.40. The molecular formula is C10H21ClN2O3. The minimum Gasteiger partial charge on any atom is -0.633 e. The van der Waals surface area contributed by atoms with E-state index in [1.54, 1.807) is 11.9 Å². The molecule has 0 saturated carbocycles. The van der Waals surface area contributed by atoms with Gasteiger partial charge >= 0.3 is 6.09 Å². The minimum atomic E-state index is -0.468. The number of hydroxylamine groups is 3. The topological polar surface area (TPSA) is 52.6 Å². The molecule has 1 aliphatic heterocycles. The number of ether oxygens (including phenoxy) is 1. The predicted octanol–water partition coefficient (Wildman–Crippen LogP) is 1.60. The van der Waals surface area contributed by atoms with Crippen LogP contribution >= 0.6 is 12.4 Å². The van der Waals surface area contributed by atoms with Crippen LogP contribution in [-0.4, -0.2) is 54.5 Å². The van der Waals surface area contributed by atoms with Gasteiger partial charge in [-0.25, -0.2) is 4.79 Å². The largest absolute Gasteiger partial charge is 0.633 e. The van der Waals surface area contributed by atoms with Gasteiger partial charge in [0, 0.05) is 0 Å². The van der Waals surface area contributed by atoms with E-state index in [0.29, 0.717) is 26.2 Å². The molecule has 1 aliphatic rings. The van der Waals surface area contributed by atoms with Gasteiger partial charge in [-0.1, -0.05) is 0 Å². The number of quaternary nitrogens is 1. The van der Waals surface area contributed by atoms with E-state index in [1.807, 2.05) is 20.8 Å². The second kappa shape index (κ2) is 5.21. The van der Waals surface area contributed by atoms with E-state index in [9.17, 15) is 10.0 Å². The number of hydrogen-bond donors (Lipinski definition) is 0. The van der Waals surface area contributed by atoms with Crippen molar-refractivity contribution >= 4 is 18.5 Å². The number of piperazine rings is 1. The number of halogens is 1. The molecule has 0 aromatic rings. The molecule has 0 atom stereocenters. The zero-order valence-corrected chi connectivity index (χ0v) is 11.2. The van der Waals surface area contributed by atoms with Gasteiger partial charge in [0.15, 0.2) is 0 Å². The molecule has 1 saturated heterocycles. The third-order valence-corrected chi connectivity index (χ3v) is 2.34. The first-order valence-corrected chi connectivity index (χ1v) is 5.23. The fourth-order valence-corrected chi connectivity index (χ4v) is 1.40. The Hall–Kier alpha value is -0.520. The fraction of sp³-hybridized carbons (Fsp3) is 0.900. The van der Waals surface area contributed by atoms with Gasteiger partial charge in [0.25, 0.3) is 0 Å². The first-order valence-electron chi connectivity index (χ1n) is 5.23. The number of likely N-dealkylation sites (N-methyl/N-ethyl adjacent to an activating group) is 1. The molecule has 16 heavy (non-hydrogen) atoms. The molecule has 0 spiro atoms. The highest BCUT2D eigenvalue weighted by Gasteiger charge is 2.28. The molecule has 1 fully saturated rings. The van der Waals surface area contributed by atoms with Crippen molar-refractivity contribution in [3.8, 4) is 0 Å². The molecule has 0 aromatic carbocycles. The van der Waals surface area contributed by atoms with Crippen LogP contribution in [0.1, 0.15) is 20.8 Å². The molecule has 6 heteroatoms. The van der Waals surface area contributed by atoms with Crippen LogP contribution in [0.15, 0.2) is 0 Å². The highest BCUT2D eigenvalue weighted by molar-refractivity contribution is 5.85. The molecule has 0 N–H and O–H groups in total. The zero-order valence-electron chi connectivity index (χ0n) is 10.4. The van der Waals surface area contributed by atoms with Crippen molar-refractivity contribution in [2.75, 3.05) is 33.2 Å². The number of rotatable bonds is 0. The van der Waals surface area contributed by atoms with Crippen LogP contribution < -0.4 is 0 Å². The Balaban J connectivity index is 0.00000225. The van der Waals surface area contributed by atoms with E-state index >= 15 is 0 Å². The van der Waals surface area contributed by atoms with Crippen molar-refractivity contribution in [1.82, 2.24) is 4.90 Å². The number of nitrogens with zero attached hydrogens (tertiary/aromatic N) is 2. The third kappa shape index (κ3) is 5.01. The molecule has 0 aliphatic carbocycles. The maximum absolute atomic E-state index is 11.6. The SMILES string of the molecule is CC(C)(C)OC(=O)N1CC[N+](C)([O-])CC1.Cl. The number of amides is 1. The van der Waals surface area contributed by atoms with Crippen LogP contribution in [0.4, 0.5) is 4.79 Å². The maximum atomic E-state index is 11.6. The Labute approximate surface area is 103 Å². The number of carbonyl (C=O) groups excluding carboxylic acids is 1. The Morgan fingerprint density at radius 3 is 2.12 bits per heavy atom. The minimum absolute atomic E-state index is 0. The molecule has 1 heterocycles.